The highest BCUT2D eigenvalue weighted by molar-refractivity contribution is 7.18. The Hall–Kier alpha value is -2.67. The van der Waals surface area contributed by atoms with Crippen LogP contribution in [0.2, 0.25) is 0 Å². The lowest BCUT2D eigenvalue weighted by atomic mass is 10.2. The second kappa shape index (κ2) is 8.14. The van der Waals surface area contributed by atoms with E-state index in [0.717, 1.165) is 54.5 Å². The minimum atomic E-state index is 0.114. The molecule has 7 heteroatoms. The molecule has 0 aliphatic carbocycles. The number of hydrogen-bond donors (Lipinski definition) is 1. The molecule has 0 bridgehead atoms. The van der Waals surface area contributed by atoms with Gasteiger partial charge in [0.25, 0.3) is 0 Å². The molecule has 0 spiro atoms. The molecule has 4 rings (SSSR count). The van der Waals surface area contributed by atoms with E-state index in [1.54, 1.807) is 11.3 Å². The smallest absolute Gasteiger partial charge is 0.242 e. The Labute approximate surface area is 169 Å². The number of nitrogens with zero attached hydrogens (tertiary/aromatic N) is 4. The van der Waals surface area contributed by atoms with Gasteiger partial charge in [-0.05, 0) is 31.5 Å². The quantitative estimate of drug-likeness (QED) is 0.718. The highest BCUT2D eigenvalue weighted by Gasteiger charge is 2.21. The number of aryl methyl sites for hydroxylation is 2. The summed E-state index contributed by atoms with van der Waals surface area (Å²) in [6.07, 6.45) is 0.976. The fraction of sp³-hybridized carbons (Fsp3) is 0.381. The van der Waals surface area contributed by atoms with E-state index in [9.17, 15) is 4.79 Å². The van der Waals surface area contributed by atoms with Crippen molar-refractivity contribution < 1.29 is 4.79 Å². The first-order valence-corrected chi connectivity index (χ1v) is 10.5. The molecule has 146 valence electrons. The molecular formula is C21H25N5OS. The molecule has 0 radical (unpaired) electrons. The fourth-order valence-electron chi connectivity index (χ4n) is 3.51. The summed E-state index contributed by atoms with van der Waals surface area (Å²) in [6, 6.07) is 12.5. The number of carbonyl (C=O) groups is 1. The minimum Gasteiger partial charge on any atom is -0.368 e. The van der Waals surface area contributed by atoms with Crippen LogP contribution in [-0.2, 0) is 11.2 Å². The number of thiophene rings is 1. The summed E-state index contributed by atoms with van der Waals surface area (Å²) < 4.78 is 0. The zero-order valence-electron chi connectivity index (χ0n) is 16.3. The lowest BCUT2D eigenvalue weighted by Gasteiger charge is -2.36. The van der Waals surface area contributed by atoms with E-state index in [-0.39, 0.29) is 12.5 Å². The summed E-state index contributed by atoms with van der Waals surface area (Å²) in [6.45, 7) is 7.48. The highest BCUT2D eigenvalue weighted by atomic mass is 32.1. The molecule has 28 heavy (non-hydrogen) atoms. The van der Waals surface area contributed by atoms with Crippen LogP contribution < -0.4 is 10.2 Å². The number of piperazine rings is 1. The molecule has 1 aliphatic heterocycles. The Morgan fingerprint density at radius 1 is 1.14 bits per heavy atom. The summed E-state index contributed by atoms with van der Waals surface area (Å²) in [5.41, 5.74) is 1.22. The number of hydrogen-bond acceptors (Lipinski definition) is 6. The van der Waals surface area contributed by atoms with Crippen molar-refractivity contribution in [3.05, 3.63) is 47.1 Å². The molecule has 1 amide bonds. The van der Waals surface area contributed by atoms with E-state index in [0.29, 0.717) is 0 Å². The molecule has 2 aromatic heterocycles. The standard InChI is InChI=1S/C21H25N5OS/c1-3-17-13-18-20(23-15(2)24-21(18)28-17)22-14-19(27)26-11-9-25(10-12-26)16-7-5-4-6-8-16/h4-8,13H,3,9-12,14H2,1-2H3,(H,22,23,24). The summed E-state index contributed by atoms with van der Waals surface area (Å²) >= 11 is 1.69. The number of amides is 1. The van der Waals surface area contributed by atoms with Gasteiger partial charge in [-0.3, -0.25) is 4.79 Å². The third kappa shape index (κ3) is 3.94. The van der Waals surface area contributed by atoms with Crippen LogP contribution in [0.5, 0.6) is 0 Å². The van der Waals surface area contributed by atoms with Crippen molar-refractivity contribution in [1.82, 2.24) is 14.9 Å². The summed E-state index contributed by atoms with van der Waals surface area (Å²) in [5, 5.41) is 4.27. The van der Waals surface area contributed by atoms with Crippen LogP contribution in [-0.4, -0.2) is 53.5 Å². The van der Waals surface area contributed by atoms with Crippen LogP contribution in [0.1, 0.15) is 17.6 Å². The van der Waals surface area contributed by atoms with Gasteiger partial charge in [-0.15, -0.1) is 11.3 Å². The average Bonchev–Trinajstić information content (AvgIpc) is 3.15. The van der Waals surface area contributed by atoms with Crippen LogP contribution >= 0.6 is 11.3 Å². The molecule has 0 saturated carbocycles. The second-order valence-corrected chi connectivity index (χ2v) is 8.08. The normalized spacial score (nSPS) is 14.5. The third-order valence-electron chi connectivity index (χ3n) is 5.06. The second-order valence-electron chi connectivity index (χ2n) is 6.96. The zero-order chi connectivity index (χ0) is 19.5. The van der Waals surface area contributed by atoms with Gasteiger partial charge < -0.3 is 15.1 Å². The van der Waals surface area contributed by atoms with Gasteiger partial charge in [-0.1, -0.05) is 25.1 Å². The number of anilines is 2. The van der Waals surface area contributed by atoms with Crippen LogP contribution in [0.25, 0.3) is 10.2 Å². The van der Waals surface area contributed by atoms with Crippen LogP contribution in [0.15, 0.2) is 36.4 Å². The number of para-hydroxylation sites is 1. The SMILES string of the molecule is CCc1cc2c(NCC(=O)N3CCN(c4ccccc4)CC3)nc(C)nc2s1. The van der Waals surface area contributed by atoms with Crippen molar-refractivity contribution in [2.45, 2.75) is 20.3 Å². The maximum absolute atomic E-state index is 12.7. The van der Waals surface area contributed by atoms with Gasteiger partial charge >= 0.3 is 0 Å². The maximum Gasteiger partial charge on any atom is 0.242 e. The predicted molar refractivity (Wildman–Crippen MR) is 115 cm³/mol. The van der Waals surface area contributed by atoms with Crippen LogP contribution in [0.4, 0.5) is 11.5 Å². The molecule has 3 heterocycles. The summed E-state index contributed by atoms with van der Waals surface area (Å²) in [5.74, 6) is 1.60. The number of carbonyl (C=O) groups excluding carboxylic acids is 1. The Kier molecular flexibility index (Phi) is 5.43. The van der Waals surface area contributed by atoms with Crippen LogP contribution in [0.3, 0.4) is 0 Å². The van der Waals surface area contributed by atoms with E-state index in [1.807, 2.05) is 17.9 Å². The number of rotatable bonds is 5. The van der Waals surface area contributed by atoms with Crippen molar-refractivity contribution in [1.29, 1.82) is 0 Å². The Bertz CT molecular complexity index is 964. The zero-order valence-corrected chi connectivity index (χ0v) is 17.1. The molecular weight excluding hydrogens is 370 g/mol. The lowest BCUT2D eigenvalue weighted by Crippen LogP contribution is -2.50. The van der Waals surface area contributed by atoms with Crippen molar-refractivity contribution in [3.63, 3.8) is 0 Å². The molecule has 1 fully saturated rings. The number of fused-ring (bicyclic) bond motifs is 1. The van der Waals surface area contributed by atoms with E-state index in [2.05, 4.69) is 57.4 Å². The first-order chi connectivity index (χ1) is 13.6. The number of aromatic nitrogens is 2. The molecule has 3 aromatic rings. The van der Waals surface area contributed by atoms with Crippen molar-refractivity contribution in [3.8, 4) is 0 Å². The Balaban J connectivity index is 1.37. The Morgan fingerprint density at radius 2 is 1.89 bits per heavy atom. The fourth-order valence-corrected chi connectivity index (χ4v) is 4.52. The predicted octanol–water partition coefficient (Wildman–Crippen LogP) is 3.32. The maximum atomic E-state index is 12.7. The molecule has 0 atom stereocenters. The molecule has 6 nitrogen and oxygen atoms in total. The van der Waals surface area contributed by atoms with Gasteiger partial charge in [-0.25, -0.2) is 9.97 Å². The molecule has 0 unspecified atom stereocenters. The first-order valence-electron chi connectivity index (χ1n) is 9.72. The molecule has 1 aromatic carbocycles. The number of benzene rings is 1. The average molecular weight is 396 g/mol. The van der Waals surface area contributed by atoms with E-state index < -0.39 is 0 Å². The largest absolute Gasteiger partial charge is 0.368 e. The molecule has 1 saturated heterocycles. The molecule has 1 aliphatic rings. The molecule has 1 N–H and O–H groups in total. The van der Waals surface area contributed by atoms with Gasteiger partial charge in [0.1, 0.15) is 16.5 Å². The Morgan fingerprint density at radius 3 is 2.61 bits per heavy atom. The van der Waals surface area contributed by atoms with E-state index in [1.165, 1.54) is 10.6 Å². The monoisotopic (exact) mass is 395 g/mol. The van der Waals surface area contributed by atoms with Gasteiger partial charge in [-0.2, -0.15) is 0 Å². The van der Waals surface area contributed by atoms with Gasteiger partial charge in [0.2, 0.25) is 5.91 Å². The topological polar surface area (TPSA) is 61.4 Å². The van der Waals surface area contributed by atoms with Gasteiger partial charge in [0.05, 0.1) is 11.9 Å². The summed E-state index contributed by atoms with van der Waals surface area (Å²) in [7, 11) is 0. The van der Waals surface area contributed by atoms with Gasteiger partial charge in [0, 0.05) is 36.7 Å². The van der Waals surface area contributed by atoms with Gasteiger partial charge in [0.15, 0.2) is 0 Å². The highest BCUT2D eigenvalue weighted by Crippen LogP contribution is 2.29. The van der Waals surface area contributed by atoms with Crippen molar-refractivity contribution >= 4 is 39.0 Å². The van der Waals surface area contributed by atoms with Crippen molar-refractivity contribution in [2.75, 3.05) is 42.9 Å². The van der Waals surface area contributed by atoms with Crippen LogP contribution in [0, 0.1) is 6.92 Å². The number of nitrogens with one attached hydrogen (secondary N) is 1. The minimum absolute atomic E-state index is 0.114. The van der Waals surface area contributed by atoms with E-state index in [4.69, 9.17) is 0 Å². The lowest BCUT2D eigenvalue weighted by molar-refractivity contribution is -0.129. The van der Waals surface area contributed by atoms with Crippen molar-refractivity contribution in [2.24, 2.45) is 0 Å². The summed E-state index contributed by atoms with van der Waals surface area (Å²) in [4.78, 5) is 28.3. The third-order valence-corrected chi connectivity index (χ3v) is 6.24. The first kappa shape index (κ1) is 18.7. The van der Waals surface area contributed by atoms with E-state index >= 15 is 0 Å².